The summed E-state index contributed by atoms with van der Waals surface area (Å²) in [5.41, 5.74) is 4.42. The summed E-state index contributed by atoms with van der Waals surface area (Å²) in [5.74, 6) is 1.55. The predicted octanol–water partition coefficient (Wildman–Crippen LogP) is 8.45. The number of nitrogens with one attached hydrogen (secondary N) is 2. The number of hydrogen-bond donors (Lipinski definition) is 2. The van der Waals surface area contributed by atoms with Crippen molar-refractivity contribution in [3.05, 3.63) is 72.6 Å². The number of hydrogen-bond acceptors (Lipinski definition) is 6. The lowest BCUT2D eigenvalue weighted by Crippen LogP contribution is -2.46. The first kappa shape index (κ1) is 32.3. The first-order chi connectivity index (χ1) is 22.2. The molecule has 0 aliphatic carbocycles. The van der Waals surface area contributed by atoms with Crippen LogP contribution in [0.3, 0.4) is 0 Å². The van der Waals surface area contributed by atoms with Crippen LogP contribution in [-0.2, 0) is 15.0 Å². The first-order valence-corrected chi connectivity index (χ1v) is 16.5. The van der Waals surface area contributed by atoms with Gasteiger partial charge in [0.2, 0.25) is 0 Å². The molecule has 2 aromatic heterocycles. The van der Waals surface area contributed by atoms with Gasteiger partial charge in [0.05, 0.1) is 29.8 Å². The summed E-state index contributed by atoms with van der Waals surface area (Å²) in [6.45, 7) is 14.7. The van der Waals surface area contributed by atoms with E-state index >= 15 is 0 Å². The molecule has 4 aromatic rings. The van der Waals surface area contributed by atoms with Gasteiger partial charge in [0.1, 0.15) is 28.4 Å². The van der Waals surface area contributed by atoms with E-state index in [-0.39, 0.29) is 18.2 Å². The summed E-state index contributed by atoms with van der Waals surface area (Å²) >= 11 is 0. The smallest absolute Gasteiger partial charge is 0.411 e. The number of carbonyl (C=O) groups is 2. The van der Waals surface area contributed by atoms with Gasteiger partial charge in [0, 0.05) is 13.1 Å². The Bertz CT molecular complexity index is 1730. The monoisotopic (exact) mass is 638 g/mol. The van der Waals surface area contributed by atoms with E-state index in [4.69, 9.17) is 14.5 Å². The molecule has 2 aliphatic rings. The quantitative estimate of drug-likeness (QED) is 0.227. The number of amides is 2. The molecule has 4 heterocycles. The fraction of sp³-hybridized carbons (Fsp3) is 0.459. The third kappa shape index (κ3) is 6.92. The van der Waals surface area contributed by atoms with Crippen LogP contribution >= 0.6 is 0 Å². The minimum atomic E-state index is -0.554. The normalized spacial score (nSPS) is 20.1. The highest BCUT2D eigenvalue weighted by Gasteiger charge is 2.45. The topological polar surface area (TPSA) is 116 Å². The molecule has 47 heavy (non-hydrogen) atoms. The van der Waals surface area contributed by atoms with Gasteiger partial charge in [-0.25, -0.2) is 19.6 Å². The summed E-state index contributed by atoms with van der Waals surface area (Å²) in [6, 6.07) is 16.6. The average Bonchev–Trinajstić information content (AvgIpc) is 3.81. The Balaban J connectivity index is 1.13. The molecule has 2 N–H and O–H groups in total. The number of rotatable bonds is 5. The van der Waals surface area contributed by atoms with Crippen LogP contribution < -0.4 is 0 Å². The third-order valence-corrected chi connectivity index (χ3v) is 8.86. The van der Waals surface area contributed by atoms with Crippen LogP contribution in [0.15, 0.2) is 60.9 Å². The van der Waals surface area contributed by atoms with Gasteiger partial charge in [0.15, 0.2) is 0 Å². The molecule has 0 bridgehead atoms. The van der Waals surface area contributed by atoms with Gasteiger partial charge in [-0.2, -0.15) is 0 Å². The predicted molar refractivity (Wildman–Crippen MR) is 181 cm³/mol. The van der Waals surface area contributed by atoms with E-state index in [1.165, 1.54) is 0 Å². The number of ether oxygens (including phenoxy) is 2. The van der Waals surface area contributed by atoms with Crippen molar-refractivity contribution in [3.63, 3.8) is 0 Å². The molecular weight excluding hydrogens is 592 g/mol. The number of benzene rings is 2. The van der Waals surface area contributed by atoms with Crippen LogP contribution in [-0.4, -0.2) is 66.2 Å². The summed E-state index contributed by atoms with van der Waals surface area (Å²) in [6.07, 6.45) is 6.56. The average molecular weight is 639 g/mol. The molecule has 10 heteroatoms. The maximum atomic E-state index is 13.0. The molecule has 0 unspecified atom stereocenters. The number of likely N-dealkylation sites (tertiary alicyclic amines) is 2. The lowest BCUT2D eigenvalue weighted by Gasteiger charge is -2.34. The maximum Gasteiger partial charge on any atom is 0.411 e. The van der Waals surface area contributed by atoms with Gasteiger partial charge >= 0.3 is 12.2 Å². The number of aromatic amines is 2. The molecule has 0 saturated carbocycles. The molecule has 2 aromatic carbocycles. The Morgan fingerprint density at radius 2 is 1.28 bits per heavy atom. The van der Waals surface area contributed by atoms with Crippen LogP contribution in [0.5, 0.6) is 0 Å². The van der Waals surface area contributed by atoms with Gasteiger partial charge in [-0.15, -0.1) is 0 Å². The van der Waals surface area contributed by atoms with Crippen molar-refractivity contribution in [3.8, 4) is 33.6 Å². The Hall–Kier alpha value is -4.60. The fourth-order valence-corrected chi connectivity index (χ4v) is 6.49. The maximum absolute atomic E-state index is 13.0. The largest absolute Gasteiger partial charge is 0.444 e. The SMILES string of the molecule is CC(C)(C)OC(=O)N1CCC[C@H]1c1ncc(-c2ccc(-c3ccc(-c4cnc([C@]5(C)CCCN5C(=O)OC(C)(C)C)[nH]4)cc3)cc2)[nH]1. The molecule has 10 nitrogen and oxygen atoms in total. The summed E-state index contributed by atoms with van der Waals surface area (Å²) < 4.78 is 11.3. The molecule has 248 valence electrons. The molecule has 0 radical (unpaired) electrons. The van der Waals surface area contributed by atoms with Gasteiger partial charge in [-0.1, -0.05) is 48.5 Å². The number of carbonyl (C=O) groups excluding carboxylic acids is 2. The van der Waals surface area contributed by atoms with E-state index in [2.05, 4.69) is 70.4 Å². The van der Waals surface area contributed by atoms with E-state index in [0.717, 1.165) is 71.0 Å². The second-order valence-electron chi connectivity index (χ2n) is 14.8. The van der Waals surface area contributed by atoms with Crippen LogP contribution in [0, 0.1) is 0 Å². The Labute approximate surface area is 276 Å². The summed E-state index contributed by atoms with van der Waals surface area (Å²) in [4.78, 5) is 45.6. The van der Waals surface area contributed by atoms with Gasteiger partial charge in [-0.05, 0) is 96.4 Å². The van der Waals surface area contributed by atoms with Gasteiger partial charge < -0.3 is 19.4 Å². The molecule has 2 atom stereocenters. The molecule has 2 fully saturated rings. The third-order valence-electron chi connectivity index (χ3n) is 8.86. The number of H-pyrrole nitrogens is 2. The van der Waals surface area contributed by atoms with E-state index < -0.39 is 16.7 Å². The van der Waals surface area contributed by atoms with Crippen LogP contribution in [0.25, 0.3) is 33.6 Å². The molecule has 6 rings (SSSR count). The van der Waals surface area contributed by atoms with Gasteiger partial charge in [0.25, 0.3) is 0 Å². The zero-order chi connectivity index (χ0) is 33.6. The van der Waals surface area contributed by atoms with Crippen LogP contribution in [0.2, 0.25) is 0 Å². The van der Waals surface area contributed by atoms with Crippen LogP contribution in [0.1, 0.15) is 91.8 Å². The van der Waals surface area contributed by atoms with E-state index in [9.17, 15) is 9.59 Å². The molecule has 0 spiro atoms. The van der Waals surface area contributed by atoms with Crippen molar-refractivity contribution in [1.82, 2.24) is 29.7 Å². The van der Waals surface area contributed by atoms with Crippen molar-refractivity contribution in [2.75, 3.05) is 13.1 Å². The first-order valence-electron chi connectivity index (χ1n) is 16.5. The van der Waals surface area contributed by atoms with Crippen molar-refractivity contribution >= 4 is 12.2 Å². The van der Waals surface area contributed by atoms with Crippen molar-refractivity contribution in [2.45, 2.75) is 96.9 Å². The Morgan fingerprint density at radius 3 is 1.87 bits per heavy atom. The van der Waals surface area contributed by atoms with Crippen molar-refractivity contribution < 1.29 is 19.1 Å². The lowest BCUT2D eigenvalue weighted by atomic mass is 9.98. The Morgan fingerprint density at radius 1 is 0.745 bits per heavy atom. The highest BCUT2D eigenvalue weighted by Crippen LogP contribution is 2.39. The standard InChI is InChI=1S/C37H46N6O4/c1-35(2,3)46-33(44)42-20-8-10-30(42)31-38-22-28(40-31)26-15-11-24(12-16-26)25-13-17-27(18-14-25)29-23-39-32(41-29)37(7)19-9-21-43(37)34(45)47-36(4,5)6/h11-18,22-23,30H,8-10,19-21H2,1-7H3,(H,38,40)(H,39,41)/t30-,37-/m0/s1. The minimum absolute atomic E-state index is 0.118. The van der Waals surface area contributed by atoms with Crippen molar-refractivity contribution in [1.29, 1.82) is 0 Å². The second-order valence-corrected chi connectivity index (χ2v) is 14.8. The number of aromatic nitrogens is 4. The minimum Gasteiger partial charge on any atom is -0.444 e. The second kappa shape index (κ2) is 12.2. The Kier molecular flexibility index (Phi) is 8.40. The molecular formula is C37H46N6O4. The number of nitrogens with zero attached hydrogens (tertiary/aromatic N) is 4. The van der Waals surface area contributed by atoms with E-state index in [1.807, 2.05) is 53.9 Å². The summed E-state index contributed by atoms with van der Waals surface area (Å²) in [5, 5.41) is 0. The summed E-state index contributed by atoms with van der Waals surface area (Å²) in [7, 11) is 0. The fourth-order valence-electron chi connectivity index (χ4n) is 6.49. The van der Waals surface area contributed by atoms with Crippen LogP contribution in [0.4, 0.5) is 9.59 Å². The number of imidazole rings is 2. The van der Waals surface area contributed by atoms with E-state index in [0.29, 0.717) is 13.1 Å². The highest BCUT2D eigenvalue weighted by molar-refractivity contribution is 5.73. The van der Waals surface area contributed by atoms with Crippen molar-refractivity contribution in [2.24, 2.45) is 0 Å². The zero-order valence-corrected chi connectivity index (χ0v) is 28.5. The highest BCUT2D eigenvalue weighted by atomic mass is 16.6. The van der Waals surface area contributed by atoms with Gasteiger partial charge in [-0.3, -0.25) is 9.80 Å². The molecule has 2 aliphatic heterocycles. The molecule has 2 amide bonds. The lowest BCUT2D eigenvalue weighted by molar-refractivity contribution is 0.00858. The van der Waals surface area contributed by atoms with E-state index in [1.54, 1.807) is 9.80 Å². The molecule has 2 saturated heterocycles. The zero-order valence-electron chi connectivity index (χ0n) is 28.5.